The Morgan fingerprint density at radius 3 is 2.57 bits per heavy atom. The number of amides is 2. The standard InChI is InChI=1S/C22H24N2O4/c1-15-8-9-19(10-16(15)2)24-13-18(11-21(24)26)22(27)28-14-20(25)23-12-17-6-4-3-5-7-17/h3-10,18H,11-14H2,1-2H3,(H,23,25)/t18-/m1/s1. The second-order valence-electron chi connectivity index (χ2n) is 7.04. The van der Waals surface area contributed by atoms with Gasteiger partial charge in [0.15, 0.2) is 6.61 Å². The van der Waals surface area contributed by atoms with E-state index in [2.05, 4.69) is 5.32 Å². The number of nitrogens with zero attached hydrogens (tertiary/aromatic N) is 1. The Hall–Kier alpha value is -3.15. The average molecular weight is 380 g/mol. The monoisotopic (exact) mass is 380 g/mol. The summed E-state index contributed by atoms with van der Waals surface area (Å²) in [7, 11) is 0. The lowest BCUT2D eigenvalue weighted by atomic mass is 10.1. The first-order valence-corrected chi connectivity index (χ1v) is 9.29. The zero-order valence-electron chi connectivity index (χ0n) is 16.1. The average Bonchev–Trinajstić information content (AvgIpc) is 3.09. The van der Waals surface area contributed by atoms with Crippen LogP contribution in [-0.2, 0) is 25.7 Å². The lowest BCUT2D eigenvalue weighted by Crippen LogP contribution is -2.31. The van der Waals surface area contributed by atoms with Crippen molar-refractivity contribution in [2.24, 2.45) is 5.92 Å². The van der Waals surface area contributed by atoms with E-state index in [1.807, 2.05) is 62.4 Å². The predicted octanol–water partition coefficient (Wildman–Crippen LogP) is 2.52. The number of hydrogen-bond acceptors (Lipinski definition) is 4. The molecule has 2 aromatic carbocycles. The van der Waals surface area contributed by atoms with E-state index in [-0.39, 0.29) is 31.4 Å². The molecular formula is C22H24N2O4. The quantitative estimate of drug-likeness (QED) is 0.782. The Balaban J connectivity index is 1.49. The van der Waals surface area contributed by atoms with E-state index in [1.165, 1.54) is 0 Å². The van der Waals surface area contributed by atoms with Gasteiger partial charge in [0.2, 0.25) is 5.91 Å². The highest BCUT2D eigenvalue weighted by atomic mass is 16.5. The van der Waals surface area contributed by atoms with Crippen molar-refractivity contribution in [1.29, 1.82) is 0 Å². The van der Waals surface area contributed by atoms with Gasteiger partial charge < -0.3 is 15.0 Å². The van der Waals surface area contributed by atoms with Gasteiger partial charge in [-0.2, -0.15) is 0 Å². The first-order valence-electron chi connectivity index (χ1n) is 9.29. The number of ether oxygens (including phenoxy) is 1. The molecule has 6 nitrogen and oxygen atoms in total. The minimum Gasteiger partial charge on any atom is -0.455 e. The molecule has 0 spiro atoms. The van der Waals surface area contributed by atoms with Crippen molar-refractivity contribution in [1.82, 2.24) is 5.32 Å². The number of nitrogens with one attached hydrogen (secondary N) is 1. The molecule has 3 rings (SSSR count). The van der Waals surface area contributed by atoms with Crippen LogP contribution >= 0.6 is 0 Å². The number of rotatable bonds is 6. The maximum Gasteiger partial charge on any atom is 0.311 e. The summed E-state index contributed by atoms with van der Waals surface area (Å²) < 4.78 is 5.12. The van der Waals surface area contributed by atoms with Crippen LogP contribution < -0.4 is 10.2 Å². The Morgan fingerprint density at radius 1 is 1.11 bits per heavy atom. The second-order valence-corrected chi connectivity index (χ2v) is 7.04. The Bertz CT molecular complexity index is 879. The van der Waals surface area contributed by atoms with Gasteiger partial charge in [-0.15, -0.1) is 0 Å². The molecule has 2 aromatic rings. The molecular weight excluding hydrogens is 356 g/mol. The zero-order chi connectivity index (χ0) is 20.1. The van der Waals surface area contributed by atoms with E-state index in [0.717, 1.165) is 22.4 Å². The van der Waals surface area contributed by atoms with Crippen molar-refractivity contribution < 1.29 is 19.1 Å². The third-order valence-corrected chi connectivity index (χ3v) is 4.94. The molecule has 1 aliphatic rings. The summed E-state index contributed by atoms with van der Waals surface area (Å²) in [5.74, 6) is -1.56. The fourth-order valence-corrected chi connectivity index (χ4v) is 3.11. The van der Waals surface area contributed by atoms with Crippen LogP contribution in [0.2, 0.25) is 0 Å². The number of esters is 1. The summed E-state index contributed by atoms with van der Waals surface area (Å²) in [6, 6.07) is 15.3. The largest absolute Gasteiger partial charge is 0.455 e. The topological polar surface area (TPSA) is 75.7 Å². The molecule has 28 heavy (non-hydrogen) atoms. The lowest BCUT2D eigenvalue weighted by molar-refractivity contribution is -0.152. The van der Waals surface area contributed by atoms with Crippen LogP contribution in [0.3, 0.4) is 0 Å². The molecule has 0 radical (unpaired) electrons. The smallest absolute Gasteiger partial charge is 0.311 e. The van der Waals surface area contributed by atoms with E-state index in [4.69, 9.17) is 4.74 Å². The lowest BCUT2D eigenvalue weighted by Gasteiger charge is -2.17. The van der Waals surface area contributed by atoms with E-state index in [1.54, 1.807) is 4.90 Å². The number of anilines is 1. The molecule has 0 unspecified atom stereocenters. The molecule has 6 heteroatoms. The highest BCUT2D eigenvalue weighted by Gasteiger charge is 2.36. The van der Waals surface area contributed by atoms with Gasteiger partial charge in [-0.05, 0) is 42.7 Å². The van der Waals surface area contributed by atoms with Crippen LogP contribution in [0.4, 0.5) is 5.69 Å². The van der Waals surface area contributed by atoms with Gasteiger partial charge in [-0.25, -0.2) is 0 Å². The Labute approximate surface area is 164 Å². The first-order chi connectivity index (χ1) is 13.4. The maximum atomic E-state index is 12.3. The molecule has 0 saturated carbocycles. The van der Waals surface area contributed by atoms with Gasteiger partial charge in [-0.3, -0.25) is 14.4 Å². The van der Waals surface area contributed by atoms with Crippen molar-refractivity contribution in [2.45, 2.75) is 26.8 Å². The van der Waals surface area contributed by atoms with E-state index in [9.17, 15) is 14.4 Å². The van der Waals surface area contributed by atoms with Crippen molar-refractivity contribution in [3.05, 3.63) is 65.2 Å². The van der Waals surface area contributed by atoms with E-state index >= 15 is 0 Å². The molecule has 0 bridgehead atoms. The molecule has 0 aliphatic carbocycles. The van der Waals surface area contributed by atoms with Gasteiger partial charge in [0.25, 0.3) is 5.91 Å². The third kappa shape index (κ3) is 4.76. The van der Waals surface area contributed by atoms with Crippen molar-refractivity contribution >= 4 is 23.5 Å². The SMILES string of the molecule is Cc1ccc(N2C[C@H](C(=O)OCC(=O)NCc3ccccc3)CC2=O)cc1C. The molecule has 1 heterocycles. The summed E-state index contributed by atoms with van der Waals surface area (Å²) in [6.45, 7) is 4.29. The number of carbonyl (C=O) groups excluding carboxylic acids is 3. The predicted molar refractivity (Wildman–Crippen MR) is 106 cm³/mol. The van der Waals surface area contributed by atoms with Gasteiger partial charge in [0.05, 0.1) is 5.92 Å². The Kier molecular flexibility index (Phi) is 6.09. The van der Waals surface area contributed by atoms with E-state index in [0.29, 0.717) is 6.54 Å². The zero-order valence-corrected chi connectivity index (χ0v) is 16.1. The van der Waals surface area contributed by atoms with Gasteiger partial charge >= 0.3 is 5.97 Å². The second kappa shape index (κ2) is 8.69. The van der Waals surface area contributed by atoms with Crippen LogP contribution in [0.1, 0.15) is 23.1 Å². The fraction of sp³-hybridized carbons (Fsp3) is 0.318. The highest BCUT2D eigenvalue weighted by Crippen LogP contribution is 2.27. The van der Waals surface area contributed by atoms with Crippen molar-refractivity contribution in [2.75, 3.05) is 18.1 Å². The van der Waals surface area contributed by atoms with Crippen LogP contribution in [0, 0.1) is 19.8 Å². The summed E-state index contributed by atoms with van der Waals surface area (Å²) in [5.41, 5.74) is 3.98. The van der Waals surface area contributed by atoms with Crippen LogP contribution in [-0.4, -0.2) is 30.9 Å². The number of benzene rings is 2. The molecule has 1 fully saturated rings. The summed E-state index contributed by atoms with van der Waals surface area (Å²) >= 11 is 0. The molecule has 2 amide bonds. The first kappa shape index (κ1) is 19.6. The van der Waals surface area contributed by atoms with Crippen molar-refractivity contribution in [3.63, 3.8) is 0 Å². The molecule has 1 atom stereocenters. The number of hydrogen-bond donors (Lipinski definition) is 1. The maximum absolute atomic E-state index is 12.3. The Morgan fingerprint density at radius 2 is 1.86 bits per heavy atom. The molecule has 1 N–H and O–H groups in total. The normalized spacial score (nSPS) is 16.1. The van der Waals surface area contributed by atoms with Crippen LogP contribution in [0.15, 0.2) is 48.5 Å². The highest BCUT2D eigenvalue weighted by molar-refractivity contribution is 5.99. The van der Waals surface area contributed by atoms with Crippen molar-refractivity contribution in [3.8, 4) is 0 Å². The van der Waals surface area contributed by atoms with Crippen LogP contribution in [0.25, 0.3) is 0 Å². The van der Waals surface area contributed by atoms with Gasteiger partial charge in [-0.1, -0.05) is 36.4 Å². The fourth-order valence-electron chi connectivity index (χ4n) is 3.11. The number of carbonyl (C=O) groups is 3. The minimum atomic E-state index is -0.559. The molecule has 146 valence electrons. The van der Waals surface area contributed by atoms with Crippen LogP contribution in [0.5, 0.6) is 0 Å². The molecule has 1 saturated heterocycles. The van der Waals surface area contributed by atoms with Gasteiger partial charge in [0.1, 0.15) is 0 Å². The summed E-state index contributed by atoms with van der Waals surface area (Å²) in [4.78, 5) is 38.1. The van der Waals surface area contributed by atoms with Gasteiger partial charge in [0, 0.05) is 25.2 Å². The third-order valence-electron chi connectivity index (χ3n) is 4.94. The minimum absolute atomic E-state index is 0.0946. The molecule has 1 aliphatic heterocycles. The van der Waals surface area contributed by atoms with E-state index < -0.39 is 11.9 Å². The summed E-state index contributed by atoms with van der Waals surface area (Å²) in [5, 5.41) is 2.71. The summed E-state index contributed by atoms with van der Waals surface area (Å²) in [6.07, 6.45) is 0.0946. The number of aryl methyl sites for hydroxylation is 2. The molecule has 0 aromatic heterocycles.